The van der Waals surface area contributed by atoms with Crippen LogP contribution in [0.25, 0.3) is 83.6 Å². The van der Waals surface area contributed by atoms with Gasteiger partial charge in [-0.05, 0) is 118 Å². The smallest absolute Gasteiger partial charge is 0.252 e. The minimum Gasteiger partial charge on any atom is -0.311 e. The third kappa shape index (κ3) is 7.10. The number of aromatic nitrogens is 3. The first kappa shape index (κ1) is 43.5. The third-order valence-electron chi connectivity index (χ3n) is 15.4. The lowest BCUT2D eigenvalue weighted by Gasteiger charge is -2.44. The molecule has 6 heteroatoms. The Labute approximate surface area is 442 Å². The fourth-order valence-electron chi connectivity index (χ4n) is 12.0. The maximum Gasteiger partial charge on any atom is 0.252 e. The van der Waals surface area contributed by atoms with Crippen molar-refractivity contribution in [2.75, 3.05) is 9.80 Å². The molecule has 2 aromatic heterocycles. The second-order valence-electron chi connectivity index (χ2n) is 19.7. The van der Waals surface area contributed by atoms with Gasteiger partial charge in [0.25, 0.3) is 6.71 Å². The van der Waals surface area contributed by atoms with Crippen LogP contribution in [0.5, 0.6) is 0 Å². The normalized spacial score (nSPS) is 12.4. The average molecular weight is 968 g/mol. The Morgan fingerprint density at radius 1 is 0.289 bits per heavy atom. The summed E-state index contributed by atoms with van der Waals surface area (Å²) in [5.74, 6) is 0.674. The predicted molar refractivity (Wildman–Crippen MR) is 318 cm³/mol. The number of rotatable bonds is 8. The van der Waals surface area contributed by atoms with E-state index in [1.807, 2.05) is 12.1 Å². The van der Waals surface area contributed by atoms with Crippen molar-refractivity contribution in [3.05, 3.63) is 279 Å². The molecule has 15 rings (SSSR count). The molecule has 11 aromatic carbocycles. The summed E-state index contributed by atoms with van der Waals surface area (Å²) in [5.41, 5.74) is 23.7. The largest absolute Gasteiger partial charge is 0.311 e. The first-order valence-corrected chi connectivity index (χ1v) is 26.0. The van der Waals surface area contributed by atoms with E-state index >= 15 is 0 Å². The van der Waals surface area contributed by atoms with E-state index in [-0.39, 0.29) is 6.71 Å². The van der Waals surface area contributed by atoms with E-state index in [1.54, 1.807) is 0 Å². The summed E-state index contributed by atoms with van der Waals surface area (Å²) in [5, 5.41) is 2.44. The van der Waals surface area contributed by atoms with Gasteiger partial charge in [-0.2, -0.15) is 0 Å². The Bertz CT molecular complexity index is 4230. The van der Waals surface area contributed by atoms with Gasteiger partial charge < -0.3 is 14.4 Å². The molecule has 0 N–H and O–H groups in total. The lowest BCUT2D eigenvalue weighted by Crippen LogP contribution is -2.61. The Morgan fingerprint density at radius 3 is 1.29 bits per heavy atom. The van der Waals surface area contributed by atoms with Crippen LogP contribution in [0.15, 0.2) is 279 Å². The molecule has 5 nitrogen and oxygen atoms in total. The summed E-state index contributed by atoms with van der Waals surface area (Å²) in [6.45, 7) is 0.0995. The summed E-state index contributed by atoms with van der Waals surface area (Å²) < 4.78 is 2.41. The summed E-state index contributed by atoms with van der Waals surface area (Å²) in [6, 6.07) is 101. The van der Waals surface area contributed by atoms with Crippen molar-refractivity contribution >= 4 is 79.0 Å². The Kier molecular flexibility index (Phi) is 10.2. The number of hydrogen-bond donors (Lipinski definition) is 0. The van der Waals surface area contributed by atoms with Crippen molar-refractivity contribution in [3.8, 4) is 61.8 Å². The van der Waals surface area contributed by atoms with E-state index in [0.29, 0.717) is 5.82 Å². The van der Waals surface area contributed by atoms with Crippen LogP contribution in [0.4, 0.5) is 34.1 Å². The van der Waals surface area contributed by atoms with Crippen molar-refractivity contribution in [2.45, 2.75) is 0 Å². The van der Waals surface area contributed by atoms with Gasteiger partial charge in [-0.1, -0.05) is 194 Å². The number of fused-ring (bicyclic) bond motifs is 7. The fourth-order valence-corrected chi connectivity index (χ4v) is 12.0. The number of nitrogens with zero attached hydrogens (tertiary/aromatic N) is 5. The molecule has 0 atom stereocenters. The van der Waals surface area contributed by atoms with E-state index in [0.717, 1.165) is 78.4 Å². The van der Waals surface area contributed by atoms with Gasteiger partial charge in [0.05, 0.1) is 28.1 Å². The highest BCUT2D eigenvalue weighted by atomic mass is 15.2. The molecule has 0 saturated heterocycles. The van der Waals surface area contributed by atoms with Crippen LogP contribution >= 0.6 is 0 Å². The summed E-state index contributed by atoms with van der Waals surface area (Å²) >= 11 is 0. The van der Waals surface area contributed by atoms with E-state index in [4.69, 9.17) is 9.97 Å². The van der Waals surface area contributed by atoms with E-state index in [2.05, 4.69) is 281 Å². The Morgan fingerprint density at radius 2 is 0.724 bits per heavy atom. The summed E-state index contributed by atoms with van der Waals surface area (Å²) in [4.78, 5) is 15.4. The number of para-hydroxylation sites is 5. The molecule has 0 radical (unpaired) electrons. The third-order valence-corrected chi connectivity index (χ3v) is 15.4. The van der Waals surface area contributed by atoms with Crippen LogP contribution in [0.1, 0.15) is 0 Å². The van der Waals surface area contributed by atoms with E-state index in [9.17, 15) is 0 Å². The molecule has 76 heavy (non-hydrogen) atoms. The SMILES string of the molecule is c1ccc(-c2cc(-c3ccccc3)nc(-c3ccc(-n4c5ccccc5c5ccccc54)c(-c4ccc(-c5ccc(N6c7ccccc7B7c8ccccc8N(c8ccccc8)c8cccc6c87)cc5)cc4)c3)n2)cc1. The fraction of sp³-hybridized carbons (Fsp3) is 0. The molecule has 0 amide bonds. The lowest BCUT2D eigenvalue weighted by molar-refractivity contribution is 1.16. The zero-order chi connectivity index (χ0) is 50.1. The zero-order valence-corrected chi connectivity index (χ0v) is 41.4. The highest BCUT2D eigenvalue weighted by molar-refractivity contribution is 7.00. The average Bonchev–Trinajstić information content (AvgIpc) is 3.96. The molecule has 2 aliphatic rings. The Hall–Kier alpha value is -10.0. The molecular weight excluding hydrogens is 922 g/mol. The topological polar surface area (TPSA) is 37.2 Å². The molecule has 354 valence electrons. The molecular formula is C70H46BN5. The molecule has 0 unspecified atom stereocenters. The molecule has 0 aliphatic carbocycles. The number of anilines is 6. The van der Waals surface area contributed by atoms with Gasteiger partial charge in [-0.15, -0.1) is 0 Å². The van der Waals surface area contributed by atoms with Crippen LogP contribution in [-0.4, -0.2) is 21.2 Å². The van der Waals surface area contributed by atoms with Gasteiger partial charge in [-0.25, -0.2) is 9.97 Å². The van der Waals surface area contributed by atoms with Crippen LogP contribution in [0.2, 0.25) is 0 Å². The number of benzene rings is 11. The van der Waals surface area contributed by atoms with Crippen molar-refractivity contribution in [1.29, 1.82) is 0 Å². The highest BCUT2D eigenvalue weighted by Crippen LogP contribution is 2.45. The predicted octanol–water partition coefficient (Wildman–Crippen LogP) is 16.0. The van der Waals surface area contributed by atoms with E-state index in [1.165, 1.54) is 49.9 Å². The van der Waals surface area contributed by atoms with Gasteiger partial charge in [0, 0.05) is 67.2 Å². The van der Waals surface area contributed by atoms with Crippen molar-refractivity contribution in [3.63, 3.8) is 0 Å². The molecule has 0 fully saturated rings. The second kappa shape index (κ2) is 17.9. The Balaban J connectivity index is 0.836. The number of hydrogen-bond acceptors (Lipinski definition) is 4. The first-order chi connectivity index (χ1) is 37.7. The van der Waals surface area contributed by atoms with Crippen molar-refractivity contribution < 1.29 is 0 Å². The van der Waals surface area contributed by atoms with Gasteiger partial charge >= 0.3 is 0 Å². The molecule has 0 bridgehead atoms. The minimum atomic E-state index is 0.0995. The lowest BCUT2D eigenvalue weighted by atomic mass is 9.33. The second-order valence-corrected chi connectivity index (χ2v) is 19.7. The first-order valence-electron chi connectivity index (χ1n) is 26.0. The van der Waals surface area contributed by atoms with Gasteiger partial charge in [0.1, 0.15) is 0 Å². The van der Waals surface area contributed by atoms with E-state index < -0.39 is 0 Å². The van der Waals surface area contributed by atoms with Crippen LogP contribution in [0.3, 0.4) is 0 Å². The standard InChI is InChI=1S/C70H46BN5/c1-4-19-50(20-5-1)60-46-61(51-21-6-2-7-22-51)73-70(72-60)52-41-44-64(76-62-29-14-10-25-55(62)56-26-11-15-30-63(56)76)57(45-52)49-37-35-47(36-38-49)48-39-42-54(43-40-48)75-66-32-17-13-28-59(66)71-58-27-12-16-31-65(58)74(53-23-8-3-9-24-53)67-33-18-34-68(75)69(67)71/h1-46H. The van der Waals surface area contributed by atoms with Crippen molar-refractivity contribution in [1.82, 2.24) is 14.5 Å². The summed E-state index contributed by atoms with van der Waals surface area (Å²) in [7, 11) is 0. The van der Waals surface area contributed by atoms with Gasteiger partial charge in [-0.3, -0.25) is 0 Å². The van der Waals surface area contributed by atoms with Crippen molar-refractivity contribution in [2.24, 2.45) is 0 Å². The van der Waals surface area contributed by atoms with Crippen LogP contribution < -0.4 is 26.2 Å². The van der Waals surface area contributed by atoms with Gasteiger partial charge in [0.2, 0.25) is 0 Å². The molecule has 0 spiro atoms. The van der Waals surface area contributed by atoms with Crippen LogP contribution in [0, 0.1) is 0 Å². The molecule has 0 saturated carbocycles. The summed E-state index contributed by atoms with van der Waals surface area (Å²) in [6.07, 6.45) is 0. The van der Waals surface area contributed by atoms with Crippen LogP contribution in [-0.2, 0) is 0 Å². The minimum absolute atomic E-state index is 0.0995. The molecule has 13 aromatic rings. The zero-order valence-electron chi connectivity index (χ0n) is 41.4. The molecule has 4 heterocycles. The maximum absolute atomic E-state index is 5.26. The molecule has 2 aliphatic heterocycles. The monoisotopic (exact) mass is 967 g/mol. The van der Waals surface area contributed by atoms with Gasteiger partial charge in [0.15, 0.2) is 5.82 Å². The highest BCUT2D eigenvalue weighted by Gasteiger charge is 2.42. The quantitative estimate of drug-likeness (QED) is 0.142. The maximum atomic E-state index is 5.26.